The van der Waals surface area contributed by atoms with E-state index in [0.29, 0.717) is 6.42 Å². The molecule has 0 saturated carbocycles. The molecule has 0 spiro atoms. The largest absolute Gasteiger partial charge is 0.394 e. The maximum atomic E-state index is 13.2. The number of aliphatic hydroxyl groups excluding tert-OH is 8. The monoisotopic (exact) mass is 986 g/mol. The summed E-state index contributed by atoms with van der Waals surface area (Å²) in [5.41, 5.74) is 0. The fourth-order valence-corrected chi connectivity index (χ4v) is 9.29. The van der Waals surface area contributed by atoms with E-state index >= 15 is 0 Å². The summed E-state index contributed by atoms with van der Waals surface area (Å²) < 4.78 is 22.7. The van der Waals surface area contributed by atoms with Crippen LogP contribution in [0.2, 0.25) is 0 Å². The van der Waals surface area contributed by atoms with Gasteiger partial charge in [-0.1, -0.05) is 199 Å². The molecule has 9 N–H and O–H groups in total. The van der Waals surface area contributed by atoms with Crippen LogP contribution in [0.1, 0.15) is 226 Å². The summed E-state index contributed by atoms with van der Waals surface area (Å²) in [5, 5.41) is 86.9. The molecule has 406 valence electrons. The zero-order valence-corrected chi connectivity index (χ0v) is 43.3. The summed E-state index contributed by atoms with van der Waals surface area (Å²) in [7, 11) is 0. The Morgan fingerprint density at radius 2 is 0.913 bits per heavy atom. The number of nitrogens with one attached hydrogen (secondary N) is 1. The van der Waals surface area contributed by atoms with Crippen molar-refractivity contribution in [1.82, 2.24) is 5.32 Å². The number of hydrogen-bond acceptors (Lipinski definition) is 13. The second-order valence-electron chi connectivity index (χ2n) is 20.1. The second-order valence-corrected chi connectivity index (χ2v) is 20.1. The van der Waals surface area contributed by atoms with Crippen LogP contribution in [0.4, 0.5) is 0 Å². The topological polar surface area (TPSA) is 228 Å². The molecule has 0 bridgehead atoms. The SMILES string of the molecule is CCCCCCCC/C=C\CCCCCCCCCC(=O)NC(COC1OC(CO)C(OC2OC(CO)C(O)C(O)C2O)C(O)C1O)C(O)/C=C/CCCCCCCCCCCCCCCCCC. The molecule has 69 heavy (non-hydrogen) atoms. The number of amides is 1. The van der Waals surface area contributed by atoms with Crippen molar-refractivity contribution in [2.24, 2.45) is 0 Å². The molecule has 14 heteroatoms. The van der Waals surface area contributed by atoms with Crippen LogP contribution >= 0.6 is 0 Å². The molecule has 0 aromatic carbocycles. The maximum absolute atomic E-state index is 13.2. The average Bonchev–Trinajstić information content (AvgIpc) is 3.35. The lowest BCUT2D eigenvalue weighted by Gasteiger charge is -2.46. The van der Waals surface area contributed by atoms with Crippen LogP contribution in [0.25, 0.3) is 0 Å². The van der Waals surface area contributed by atoms with Crippen molar-refractivity contribution >= 4 is 5.91 Å². The van der Waals surface area contributed by atoms with E-state index < -0.39 is 86.8 Å². The molecule has 12 unspecified atom stereocenters. The first-order chi connectivity index (χ1) is 33.6. The predicted molar refractivity (Wildman–Crippen MR) is 272 cm³/mol. The zero-order chi connectivity index (χ0) is 50.3. The minimum atomic E-state index is -1.79. The van der Waals surface area contributed by atoms with Crippen LogP contribution < -0.4 is 5.32 Å². The summed E-state index contributed by atoms with van der Waals surface area (Å²) in [4.78, 5) is 13.2. The first kappa shape index (κ1) is 63.6. The van der Waals surface area contributed by atoms with E-state index in [-0.39, 0.29) is 18.9 Å². The number of rotatable bonds is 44. The highest BCUT2D eigenvalue weighted by molar-refractivity contribution is 5.76. The fraction of sp³-hybridized carbons (Fsp3) is 0.909. The Balaban J connectivity index is 1.81. The highest BCUT2D eigenvalue weighted by atomic mass is 16.7. The van der Waals surface area contributed by atoms with Crippen LogP contribution in [0.15, 0.2) is 24.3 Å². The van der Waals surface area contributed by atoms with Crippen LogP contribution in [0.5, 0.6) is 0 Å². The normalized spacial score (nSPS) is 26.3. The van der Waals surface area contributed by atoms with Crippen LogP contribution in [0.3, 0.4) is 0 Å². The van der Waals surface area contributed by atoms with Gasteiger partial charge in [-0.2, -0.15) is 0 Å². The standard InChI is InChI=1S/C55H103NO13/c1-3-5-7-9-11-13-15-17-19-21-23-24-26-28-30-32-34-36-38-44(59)43(56-47(60)39-37-35-33-31-29-27-25-22-20-18-16-14-12-10-8-6-4-2)42-66-54-52(65)50(63)53(46(41-58)68-54)69-55-51(64)49(62)48(61)45(40-57)67-55/h18,20,36,38,43-46,48-55,57-59,61-65H,3-17,19,21-35,37,39-42H2,1-2H3,(H,56,60)/b20-18-,38-36+. The van der Waals surface area contributed by atoms with Gasteiger partial charge in [0.25, 0.3) is 0 Å². The lowest BCUT2D eigenvalue weighted by atomic mass is 9.97. The number of unbranched alkanes of at least 4 members (excludes halogenated alkanes) is 29. The molecule has 2 fully saturated rings. The van der Waals surface area contributed by atoms with Gasteiger partial charge in [-0.15, -0.1) is 0 Å². The van der Waals surface area contributed by atoms with Gasteiger partial charge in [0.2, 0.25) is 5.91 Å². The Morgan fingerprint density at radius 3 is 1.38 bits per heavy atom. The van der Waals surface area contributed by atoms with Gasteiger partial charge in [0.15, 0.2) is 12.6 Å². The number of hydrogen-bond donors (Lipinski definition) is 9. The van der Waals surface area contributed by atoms with Gasteiger partial charge in [-0.25, -0.2) is 0 Å². The van der Waals surface area contributed by atoms with Gasteiger partial charge in [0, 0.05) is 6.42 Å². The van der Waals surface area contributed by atoms with Gasteiger partial charge in [-0.05, 0) is 44.9 Å². The minimum Gasteiger partial charge on any atom is -0.394 e. The second kappa shape index (κ2) is 41.9. The van der Waals surface area contributed by atoms with E-state index in [1.54, 1.807) is 6.08 Å². The smallest absolute Gasteiger partial charge is 0.220 e. The van der Waals surface area contributed by atoms with E-state index in [1.807, 2.05) is 6.08 Å². The Morgan fingerprint density at radius 1 is 0.507 bits per heavy atom. The number of aliphatic hydroxyl groups is 8. The fourth-order valence-electron chi connectivity index (χ4n) is 9.29. The summed E-state index contributed by atoms with van der Waals surface area (Å²) in [6, 6.07) is -0.914. The third kappa shape index (κ3) is 28.5. The summed E-state index contributed by atoms with van der Waals surface area (Å²) in [5.74, 6) is -0.243. The van der Waals surface area contributed by atoms with Crippen molar-refractivity contribution in [3.05, 3.63) is 24.3 Å². The van der Waals surface area contributed by atoms with Gasteiger partial charge in [0.05, 0.1) is 32.0 Å². The average molecular weight is 986 g/mol. The lowest BCUT2D eigenvalue weighted by molar-refractivity contribution is -0.359. The third-order valence-corrected chi connectivity index (χ3v) is 13.9. The van der Waals surface area contributed by atoms with Crippen molar-refractivity contribution in [2.75, 3.05) is 19.8 Å². The zero-order valence-electron chi connectivity index (χ0n) is 43.3. The van der Waals surface area contributed by atoms with E-state index in [1.165, 1.54) is 154 Å². The highest BCUT2D eigenvalue weighted by Crippen LogP contribution is 2.30. The van der Waals surface area contributed by atoms with E-state index in [9.17, 15) is 45.6 Å². The molecule has 2 saturated heterocycles. The molecule has 2 heterocycles. The number of ether oxygens (including phenoxy) is 4. The quantitative estimate of drug-likeness (QED) is 0.0206. The minimum absolute atomic E-state index is 0.243. The molecule has 0 radical (unpaired) electrons. The van der Waals surface area contributed by atoms with Gasteiger partial charge in [0.1, 0.15) is 48.8 Å². The van der Waals surface area contributed by atoms with Crippen molar-refractivity contribution < 1.29 is 64.6 Å². The van der Waals surface area contributed by atoms with Crippen LogP contribution in [0, 0.1) is 0 Å². The van der Waals surface area contributed by atoms with Crippen LogP contribution in [-0.4, -0.2) is 140 Å². The van der Waals surface area contributed by atoms with E-state index in [0.717, 1.165) is 44.9 Å². The highest BCUT2D eigenvalue weighted by Gasteiger charge is 2.51. The van der Waals surface area contributed by atoms with Crippen molar-refractivity contribution in [3.63, 3.8) is 0 Å². The van der Waals surface area contributed by atoms with Crippen molar-refractivity contribution in [1.29, 1.82) is 0 Å². The molecular weight excluding hydrogens is 883 g/mol. The molecule has 2 aliphatic heterocycles. The number of carbonyl (C=O) groups excluding carboxylic acids is 1. The molecular formula is C55H103NO13. The molecule has 0 aromatic rings. The Kier molecular flexibility index (Phi) is 38.6. The van der Waals surface area contributed by atoms with Gasteiger partial charge < -0.3 is 65.1 Å². The molecule has 1 amide bonds. The molecule has 2 rings (SSSR count). The Labute approximate surface area is 418 Å². The third-order valence-electron chi connectivity index (χ3n) is 13.9. The van der Waals surface area contributed by atoms with Crippen molar-refractivity contribution in [2.45, 2.75) is 299 Å². The number of allylic oxidation sites excluding steroid dienone is 3. The van der Waals surface area contributed by atoms with Gasteiger partial charge >= 0.3 is 0 Å². The summed E-state index contributed by atoms with van der Waals surface area (Å²) >= 11 is 0. The summed E-state index contributed by atoms with van der Waals surface area (Å²) in [6.45, 7) is 2.80. The first-order valence-electron chi connectivity index (χ1n) is 28.1. The van der Waals surface area contributed by atoms with Gasteiger partial charge in [-0.3, -0.25) is 4.79 Å². The Hall–Kier alpha value is -1.53. The van der Waals surface area contributed by atoms with Crippen molar-refractivity contribution in [3.8, 4) is 0 Å². The van der Waals surface area contributed by atoms with Crippen LogP contribution in [-0.2, 0) is 23.7 Å². The molecule has 0 aromatic heterocycles. The summed E-state index contributed by atoms with van der Waals surface area (Å²) in [6.07, 6.45) is 30.6. The Bertz CT molecular complexity index is 1260. The van der Waals surface area contributed by atoms with E-state index in [2.05, 4.69) is 31.3 Å². The lowest BCUT2D eigenvalue weighted by Crippen LogP contribution is -2.65. The predicted octanol–water partition coefficient (Wildman–Crippen LogP) is 8.50. The van der Waals surface area contributed by atoms with E-state index in [4.69, 9.17) is 18.9 Å². The maximum Gasteiger partial charge on any atom is 0.220 e. The first-order valence-corrected chi connectivity index (χ1v) is 28.1. The molecule has 2 aliphatic rings. The number of carbonyl (C=O) groups is 1. The molecule has 12 atom stereocenters. The molecule has 0 aliphatic carbocycles. The molecule has 14 nitrogen and oxygen atoms in total.